The fourth-order valence-corrected chi connectivity index (χ4v) is 3.33. The molecule has 1 nitrogen and oxygen atoms in total. The predicted octanol–water partition coefficient (Wildman–Crippen LogP) is 4.42. The van der Waals surface area contributed by atoms with E-state index in [1.807, 2.05) is 6.92 Å². The van der Waals surface area contributed by atoms with Crippen LogP contribution in [0.5, 0.6) is 0 Å². The molecule has 92 valence electrons. The van der Waals surface area contributed by atoms with Crippen LogP contribution in [0.1, 0.15) is 29.1 Å². The minimum Gasteiger partial charge on any atom is -0.302 e. The highest BCUT2D eigenvalue weighted by molar-refractivity contribution is 9.10. The lowest BCUT2D eigenvalue weighted by Crippen LogP contribution is -2.34. The number of nitrogens with one attached hydrogen (secondary N) is 1. The minimum absolute atomic E-state index is 0.304. The Morgan fingerprint density at radius 3 is 2.50 bits per heavy atom. The summed E-state index contributed by atoms with van der Waals surface area (Å²) in [5, 5.41) is 2.54. The molecule has 1 N–H and O–H groups in total. The number of halogens is 4. The van der Waals surface area contributed by atoms with E-state index in [0.717, 1.165) is 4.88 Å². The first-order valence-corrected chi connectivity index (χ1v) is 6.53. The van der Waals surface area contributed by atoms with Gasteiger partial charge < -0.3 is 5.32 Å². The fraction of sp³-hybridized carbons (Fsp3) is 0.600. The molecule has 1 heterocycles. The lowest BCUT2D eigenvalue weighted by molar-refractivity contribution is -0.157. The summed E-state index contributed by atoms with van der Waals surface area (Å²) in [7, 11) is 0. The Morgan fingerprint density at radius 2 is 2.12 bits per heavy atom. The summed E-state index contributed by atoms with van der Waals surface area (Å²) in [5.74, 6) is 0. The number of aryl methyl sites for hydroxylation is 1. The minimum atomic E-state index is -4.25. The average Bonchev–Trinajstić information content (AvgIpc) is 2.44. The molecule has 1 aromatic rings. The second kappa shape index (κ2) is 5.51. The zero-order valence-electron chi connectivity index (χ0n) is 8.99. The van der Waals surface area contributed by atoms with E-state index in [2.05, 4.69) is 21.2 Å². The molecule has 0 radical (unpaired) electrons. The molecule has 0 amide bonds. The van der Waals surface area contributed by atoms with Gasteiger partial charge in [-0.3, -0.25) is 0 Å². The number of rotatable bonds is 4. The van der Waals surface area contributed by atoms with Gasteiger partial charge in [-0.25, -0.2) is 0 Å². The van der Waals surface area contributed by atoms with E-state index in [4.69, 9.17) is 0 Å². The first-order valence-electron chi connectivity index (χ1n) is 4.92. The number of thiophene rings is 1. The van der Waals surface area contributed by atoms with Crippen molar-refractivity contribution in [1.29, 1.82) is 0 Å². The lowest BCUT2D eigenvalue weighted by atomic mass is 10.2. The van der Waals surface area contributed by atoms with Crippen LogP contribution < -0.4 is 5.32 Å². The van der Waals surface area contributed by atoms with Crippen molar-refractivity contribution in [2.24, 2.45) is 0 Å². The molecule has 0 spiro atoms. The van der Waals surface area contributed by atoms with Crippen LogP contribution in [-0.2, 0) is 0 Å². The van der Waals surface area contributed by atoms with Crippen molar-refractivity contribution in [2.75, 3.05) is 6.54 Å². The van der Waals surface area contributed by atoms with Crippen molar-refractivity contribution in [3.05, 3.63) is 20.3 Å². The Balaban J connectivity index is 2.96. The van der Waals surface area contributed by atoms with Gasteiger partial charge in [-0.1, -0.05) is 6.92 Å². The summed E-state index contributed by atoms with van der Waals surface area (Å²) in [6.07, 6.45) is -3.58. The maximum atomic E-state index is 12.8. The van der Waals surface area contributed by atoms with Crippen molar-refractivity contribution < 1.29 is 13.2 Å². The van der Waals surface area contributed by atoms with Gasteiger partial charge in [0.2, 0.25) is 0 Å². The maximum Gasteiger partial charge on any atom is 0.408 e. The smallest absolute Gasteiger partial charge is 0.302 e. The van der Waals surface area contributed by atoms with Crippen LogP contribution in [0.2, 0.25) is 0 Å². The van der Waals surface area contributed by atoms with Crippen LogP contribution in [-0.4, -0.2) is 12.7 Å². The molecular formula is C10H13BrF3NS. The third kappa shape index (κ3) is 3.46. The highest BCUT2D eigenvalue weighted by Crippen LogP contribution is 2.40. The maximum absolute atomic E-state index is 12.8. The summed E-state index contributed by atoms with van der Waals surface area (Å²) < 4.78 is 39.1. The predicted molar refractivity (Wildman–Crippen MR) is 63.8 cm³/mol. The topological polar surface area (TPSA) is 12.0 Å². The molecule has 0 saturated heterocycles. The largest absolute Gasteiger partial charge is 0.408 e. The molecule has 0 aliphatic carbocycles. The molecule has 6 heteroatoms. The molecule has 1 atom stereocenters. The molecule has 0 saturated carbocycles. The fourth-order valence-electron chi connectivity index (χ4n) is 1.34. The normalized spacial score (nSPS) is 14.1. The van der Waals surface area contributed by atoms with Gasteiger partial charge >= 0.3 is 6.18 Å². The Hall–Kier alpha value is -0.0700. The van der Waals surface area contributed by atoms with Crippen molar-refractivity contribution in [2.45, 2.75) is 32.5 Å². The highest BCUT2D eigenvalue weighted by atomic mass is 79.9. The summed E-state index contributed by atoms with van der Waals surface area (Å²) >= 11 is 4.34. The van der Waals surface area contributed by atoms with Crippen molar-refractivity contribution in [3.63, 3.8) is 0 Å². The molecule has 0 fully saturated rings. The van der Waals surface area contributed by atoms with Crippen LogP contribution in [0.3, 0.4) is 0 Å². The standard InChI is InChI=1S/C10H13BrF3NS/c1-3-4-15-9(10(12,13)14)8-7(11)5-6(2)16-8/h5,9,15H,3-4H2,1-2H3. The van der Waals surface area contributed by atoms with Gasteiger partial charge in [-0.2, -0.15) is 13.2 Å². The van der Waals surface area contributed by atoms with Crippen LogP contribution >= 0.6 is 27.3 Å². The van der Waals surface area contributed by atoms with Crippen LogP contribution in [0.4, 0.5) is 13.2 Å². The second-order valence-corrected chi connectivity index (χ2v) is 5.64. The highest BCUT2D eigenvalue weighted by Gasteiger charge is 2.42. The lowest BCUT2D eigenvalue weighted by Gasteiger charge is -2.20. The van der Waals surface area contributed by atoms with E-state index < -0.39 is 12.2 Å². The van der Waals surface area contributed by atoms with Crippen molar-refractivity contribution >= 4 is 27.3 Å². The van der Waals surface area contributed by atoms with E-state index in [1.165, 1.54) is 11.3 Å². The van der Waals surface area contributed by atoms with E-state index in [9.17, 15) is 13.2 Å². The first kappa shape index (κ1) is 14.0. The third-order valence-corrected chi connectivity index (χ3v) is 4.06. The second-order valence-electron chi connectivity index (χ2n) is 3.50. The molecule has 0 aromatic carbocycles. The van der Waals surface area contributed by atoms with Gasteiger partial charge in [-0.15, -0.1) is 11.3 Å². The Morgan fingerprint density at radius 1 is 1.50 bits per heavy atom. The Labute approximate surface area is 105 Å². The Kier molecular flexibility index (Phi) is 4.82. The number of alkyl halides is 3. The van der Waals surface area contributed by atoms with E-state index in [1.54, 1.807) is 13.0 Å². The van der Waals surface area contributed by atoms with Gasteiger partial charge in [0.05, 0.1) is 0 Å². The summed E-state index contributed by atoms with van der Waals surface area (Å²) in [4.78, 5) is 1.17. The molecule has 1 aromatic heterocycles. The van der Waals surface area contributed by atoms with Gasteiger partial charge in [-0.05, 0) is 41.9 Å². The summed E-state index contributed by atoms with van der Waals surface area (Å²) in [6, 6.07) is 0.146. The van der Waals surface area contributed by atoms with Crippen molar-refractivity contribution in [1.82, 2.24) is 5.32 Å². The molecule has 0 bridgehead atoms. The molecular weight excluding hydrogens is 303 g/mol. The molecule has 1 rings (SSSR count). The average molecular weight is 316 g/mol. The Bertz CT molecular complexity index is 348. The summed E-state index contributed by atoms with van der Waals surface area (Å²) in [6.45, 7) is 3.99. The summed E-state index contributed by atoms with van der Waals surface area (Å²) in [5.41, 5.74) is 0. The van der Waals surface area contributed by atoms with Gasteiger partial charge in [0.25, 0.3) is 0 Å². The SMILES string of the molecule is CCCNC(c1sc(C)cc1Br)C(F)(F)F. The molecule has 1 unspecified atom stereocenters. The van der Waals surface area contributed by atoms with Crippen molar-refractivity contribution in [3.8, 4) is 0 Å². The van der Waals surface area contributed by atoms with Gasteiger partial charge in [0.15, 0.2) is 0 Å². The van der Waals surface area contributed by atoms with Gasteiger partial charge in [0.1, 0.15) is 6.04 Å². The van der Waals surface area contributed by atoms with E-state index >= 15 is 0 Å². The zero-order valence-corrected chi connectivity index (χ0v) is 11.4. The van der Waals surface area contributed by atoms with Crippen LogP contribution in [0, 0.1) is 6.92 Å². The number of hydrogen-bond donors (Lipinski definition) is 1. The molecule has 0 aliphatic heterocycles. The first-order chi connectivity index (χ1) is 7.36. The zero-order chi connectivity index (χ0) is 12.3. The van der Waals surface area contributed by atoms with Gasteiger partial charge in [0, 0.05) is 14.2 Å². The van der Waals surface area contributed by atoms with Crippen LogP contribution in [0.15, 0.2) is 10.5 Å². The number of hydrogen-bond acceptors (Lipinski definition) is 2. The quantitative estimate of drug-likeness (QED) is 0.867. The van der Waals surface area contributed by atoms with E-state index in [-0.39, 0.29) is 0 Å². The monoisotopic (exact) mass is 315 g/mol. The molecule has 0 aliphatic rings. The van der Waals surface area contributed by atoms with Crippen LogP contribution in [0.25, 0.3) is 0 Å². The van der Waals surface area contributed by atoms with E-state index in [0.29, 0.717) is 22.3 Å². The molecule has 16 heavy (non-hydrogen) atoms. The third-order valence-electron chi connectivity index (χ3n) is 2.02.